The van der Waals surface area contributed by atoms with Crippen LogP contribution < -0.4 is 10.1 Å². The zero-order valence-electron chi connectivity index (χ0n) is 14.7. The second kappa shape index (κ2) is 7.65. The summed E-state index contributed by atoms with van der Waals surface area (Å²) in [5, 5.41) is 13.0. The summed E-state index contributed by atoms with van der Waals surface area (Å²) < 4.78 is 5.80. The number of ether oxygens (including phenoxy) is 1. The van der Waals surface area contributed by atoms with Crippen LogP contribution in [0.4, 0.5) is 5.00 Å². The molecule has 1 aliphatic rings. The molecule has 0 atom stereocenters. The molecule has 2 aromatic carbocycles. The maximum absolute atomic E-state index is 12.7. The van der Waals surface area contributed by atoms with Crippen LogP contribution in [0.25, 0.3) is 0 Å². The zero-order valence-corrected chi connectivity index (χ0v) is 15.5. The lowest BCUT2D eigenvalue weighted by atomic mass is 10.1. The van der Waals surface area contributed by atoms with E-state index in [2.05, 4.69) is 11.4 Å². The molecule has 1 heterocycles. The van der Waals surface area contributed by atoms with E-state index in [0.717, 1.165) is 30.4 Å². The second-order valence-corrected chi connectivity index (χ2v) is 7.53. The van der Waals surface area contributed by atoms with Crippen molar-refractivity contribution in [2.24, 2.45) is 0 Å². The molecule has 0 aliphatic heterocycles. The Kier molecular flexibility index (Phi) is 4.91. The normalized spacial score (nSPS) is 12.3. The number of anilines is 1. The topological polar surface area (TPSA) is 62.1 Å². The highest BCUT2D eigenvalue weighted by Gasteiger charge is 2.23. The highest BCUT2D eigenvalue weighted by molar-refractivity contribution is 7.16. The molecule has 1 amide bonds. The third-order valence-corrected chi connectivity index (χ3v) is 5.81. The van der Waals surface area contributed by atoms with Crippen molar-refractivity contribution in [1.82, 2.24) is 0 Å². The van der Waals surface area contributed by atoms with Crippen molar-refractivity contribution in [3.63, 3.8) is 0 Å². The molecular weight excluding hydrogens is 356 g/mol. The maximum Gasteiger partial charge on any atom is 0.256 e. The summed E-state index contributed by atoms with van der Waals surface area (Å²) in [4.78, 5) is 13.9. The summed E-state index contributed by atoms with van der Waals surface area (Å²) in [6, 6.07) is 19.3. The number of hydrogen-bond donors (Lipinski definition) is 1. The molecule has 4 rings (SSSR count). The van der Waals surface area contributed by atoms with Crippen LogP contribution in [0.5, 0.6) is 5.75 Å². The standard InChI is InChI=1S/C22H18N2O2S/c23-13-19-18-10-5-11-20(18)27-22(19)24-21(25)16-8-4-9-17(12-16)26-14-15-6-2-1-3-7-15/h1-4,6-9,12H,5,10-11,14H2,(H,24,25). The Hall–Kier alpha value is -3.10. The van der Waals surface area contributed by atoms with Crippen molar-refractivity contribution in [2.75, 3.05) is 5.32 Å². The van der Waals surface area contributed by atoms with Crippen molar-refractivity contribution in [1.29, 1.82) is 5.26 Å². The minimum atomic E-state index is -0.225. The summed E-state index contributed by atoms with van der Waals surface area (Å²) in [6.07, 6.45) is 3.01. The Morgan fingerprint density at radius 2 is 2.00 bits per heavy atom. The van der Waals surface area contributed by atoms with Crippen LogP contribution >= 0.6 is 11.3 Å². The predicted octanol–water partition coefficient (Wildman–Crippen LogP) is 4.94. The maximum atomic E-state index is 12.7. The first-order valence-corrected chi connectivity index (χ1v) is 9.69. The average Bonchev–Trinajstić information content (AvgIpc) is 3.28. The number of carbonyl (C=O) groups excluding carboxylic acids is 1. The Bertz CT molecular complexity index is 1020. The van der Waals surface area contributed by atoms with Crippen molar-refractivity contribution in [3.8, 4) is 11.8 Å². The molecule has 0 spiro atoms. The van der Waals surface area contributed by atoms with Gasteiger partial charge in [-0.1, -0.05) is 36.4 Å². The molecule has 0 fully saturated rings. The van der Waals surface area contributed by atoms with Crippen LogP contribution in [-0.4, -0.2) is 5.91 Å². The van der Waals surface area contributed by atoms with Crippen molar-refractivity contribution >= 4 is 22.2 Å². The van der Waals surface area contributed by atoms with Gasteiger partial charge in [0.05, 0.1) is 5.56 Å². The van der Waals surface area contributed by atoms with E-state index in [1.165, 1.54) is 16.2 Å². The van der Waals surface area contributed by atoms with Gasteiger partial charge >= 0.3 is 0 Å². The number of aryl methyl sites for hydroxylation is 1. The number of rotatable bonds is 5. The molecule has 4 nitrogen and oxygen atoms in total. The molecule has 0 radical (unpaired) electrons. The van der Waals surface area contributed by atoms with Gasteiger partial charge in [-0.15, -0.1) is 11.3 Å². The highest BCUT2D eigenvalue weighted by Crippen LogP contribution is 2.38. The van der Waals surface area contributed by atoms with Crippen LogP contribution in [0.15, 0.2) is 54.6 Å². The largest absolute Gasteiger partial charge is 0.489 e. The number of thiophene rings is 1. The summed E-state index contributed by atoms with van der Waals surface area (Å²) in [5.74, 6) is 0.414. The number of nitrogens with zero attached hydrogens (tertiary/aromatic N) is 1. The van der Waals surface area contributed by atoms with E-state index in [0.29, 0.717) is 28.5 Å². The van der Waals surface area contributed by atoms with Crippen LogP contribution in [0.3, 0.4) is 0 Å². The van der Waals surface area contributed by atoms with Gasteiger partial charge in [0.1, 0.15) is 23.4 Å². The summed E-state index contributed by atoms with van der Waals surface area (Å²) in [5.41, 5.74) is 3.31. The molecule has 0 saturated carbocycles. The van der Waals surface area contributed by atoms with E-state index in [1.807, 2.05) is 36.4 Å². The van der Waals surface area contributed by atoms with Crippen molar-refractivity contribution in [2.45, 2.75) is 25.9 Å². The molecule has 1 aromatic heterocycles. The first kappa shape index (κ1) is 17.3. The van der Waals surface area contributed by atoms with E-state index < -0.39 is 0 Å². The number of fused-ring (bicyclic) bond motifs is 1. The van der Waals surface area contributed by atoms with Crippen LogP contribution in [-0.2, 0) is 19.4 Å². The van der Waals surface area contributed by atoms with Gasteiger partial charge < -0.3 is 10.1 Å². The van der Waals surface area contributed by atoms with Gasteiger partial charge in [0.2, 0.25) is 0 Å². The molecule has 3 aromatic rings. The molecule has 1 aliphatic carbocycles. The van der Waals surface area contributed by atoms with Gasteiger partial charge in [-0.05, 0) is 48.6 Å². The molecular formula is C22H18N2O2S. The van der Waals surface area contributed by atoms with E-state index in [1.54, 1.807) is 18.2 Å². The molecule has 134 valence electrons. The smallest absolute Gasteiger partial charge is 0.256 e. The van der Waals surface area contributed by atoms with Gasteiger partial charge in [0, 0.05) is 10.4 Å². The number of nitrogens with one attached hydrogen (secondary N) is 1. The van der Waals surface area contributed by atoms with Gasteiger partial charge in [-0.2, -0.15) is 5.26 Å². The molecule has 1 N–H and O–H groups in total. The Balaban J connectivity index is 1.47. The Morgan fingerprint density at radius 3 is 2.81 bits per heavy atom. The fraction of sp³-hybridized carbons (Fsp3) is 0.182. The quantitative estimate of drug-likeness (QED) is 0.688. The van der Waals surface area contributed by atoms with Crippen LogP contribution in [0.1, 0.15) is 38.3 Å². The first-order chi connectivity index (χ1) is 13.2. The third-order valence-electron chi connectivity index (χ3n) is 4.60. The highest BCUT2D eigenvalue weighted by atomic mass is 32.1. The van der Waals surface area contributed by atoms with Gasteiger partial charge in [-0.3, -0.25) is 4.79 Å². The zero-order chi connectivity index (χ0) is 18.6. The number of carbonyl (C=O) groups is 1. The molecule has 0 bridgehead atoms. The fourth-order valence-electron chi connectivity index (χ4n) is 3.25. The first-order valence-electron chi connectivity index (χ1n) is 8.87. The number of hydrogen-bond acceptors (Lipinski definition) is 4. The molecule has 0 saturated heterocycles. The minimum absolute atomic E-state index is 0.225. The number of amides is 1. The van der Waals surface area contributed by atoms with Gasteiger partial charge in [0.25, 0.3) is 5.91 Å². The Morgan fingerprint density at radius 1 is 1.15 bits per heavy atom. The Labute approximate surface area is 162 Å². The number of benzene rings is 2. The van der Waals surface area contributed by atoms with E-state index >= 15 is 0 Å². The van der Waals surface area contributed by atoms with Crippen molar-refractivity contribution < 1.29 is 9.53 Å². The average molecular weight is 374 g/mol. The fourth-order valence-corrected chi connectivity index (χ4v) is 4.49. The lowest BCUT2D eigenvalue weighted by molar-refractivity contribution is 0.102. The minimum Gasteiger partial charge on any atom is -0.489 e. The molecule has 0 unspecified atom stereocenters. The monoisotopic (exact) mass is 374 g/mol. The second-order valence-electron chi connectivity index (χ2n) is 6.43. The lowest BCUT2D eigenvalue weighted by Crippen LogP contribution is -2.12. The third kappa shape index (κ3) is 3.71. The SMILES string of the molecule is N#Cc1c(NC(=O)c2cccc(OCc3ccccc3)c2)sc2c1CCC2. The van der Waals surface area contributed by atoms with Gasteiger partial charge in [-0.25, -0.2) is 0 Å². The summed E-state index contributed by atoms with van der Waals surface area (Å²) in [7, 11) is 0. The van der Waals surface area contributed by atoms with Gasteiger partial charge in [0.15, 0.2) is 0 Å². The van der Waals surface area contributed by atoms with E-state index in [9.17, 15) is 10.1 Å². The summed E-state index contributed by atoms with van der Waals surface area (Å²) in [6.45, 7) is 0.447. The molecule has 27 heavy (non-hydrogen) atoms. The predicted molar refractivity (Wildman–Crippen MR) is 106 cm³/mol. The number of nitriles is 1. The van der Waals surface area contributed by atoms with E-state index in [-0.39, 0.29) is 5.91 Å². The van der Waals surface area contributed by atoms with Crippen molar-refractivity contribution in [3.05, 3.63) is 81.7 Å². The summed E-state index contributed by atoms with van der Waals surface area (Å²) >= 11 is 1.52. The van der Waals surface area contributed by atoms with E-state index in [4.69, 9.17) is 4.74 Å². The lowest BCUT2D eigenvalue weighted by Gasteiger charge is -2.09. The molecule has 5 heteroatoms. The van der Waals surface area contributed by atoms with Crippen LogP contribution in [0, 0.1) is 11.3 Å². The van der Waals surface area contributed by atoms with Crippen LogP contribution in [0.2, 0.25) is 0 Å².